The molecule has 1 aliphatic rings. The lowest BCUT2D eigenvalue weighted by molar-refractivity contribution is -0.136. The summed E-state index contributed by atoms with van der Waals surface area (Å²) in [6.07, 6.45) is 3.80. The van der Waals surface area contributed by atoms with Gasteiger partial charge in [0.15, 0.2) is 11.5 Å². The molecule has 0 saturated carbocycles. The first-order valence-corrected chi connectivity index (χ1v) is 8.60. The minimum atomic E-state index is -0.467. The van der Waals surface area contributed by atoms with Gasteiger partial charge in [-0.05, 0) is 30.2 Å². The fraction of sp³-hybridized carbons (Fsp3) is 0.238. The smallest absolute Gasteiger partial charge is 0.368 e. The Bertz CT molecular complexity index is 840. The van der Waals surface area contributed by atoms with Crippen molar-refractivity contribution in [3.8, 4) is 11.5 Å². The number of unbranched alkanes of at least 4 members (excludes halogenated alkanes) is 1. The molecule has 0 spiro atoms. The third kappa shape index (κ3) is 3.94. The summed E-state index contributed by atoms with van der Waals surface area (Å²) in [5.41, 5.74) is 2.58. The van der Waals surface area contributed by atoms with Crippen LogP contribution in [0.1, 0.15) is 30.9 Å². The maximum absolute atomic E-state index is 12.1. The third-order valence-corrected chi connectivity index (χ3v) is 4.00. The summed E-state index contributed by atoms with van der Waals surface area (Å²) in [6, 6.07) is 15.0. The number of carbonyl (C=O) groups is 1. The van der Waals surface area contributed by atoms with Gasteiger partial charge in [-0.15, -0.1) is 0 Å². The molecular formula is C21H21NO4. The van der Waals surface area contributed by atoms with Crippen molar-refractivity contribution in [3.05, 3.63) is 65.2 Å². The zero-order valence-corrected chi connectivity index (χ0v) is 14.9. The van der Waals surface area contributed by atoms with E-state index in [1.807, 2.05) is 48.5 Å². The van der Waals surface area contributed by atoms with Gasteiger partial charge in [-0.2, -0.15) is 0 Å². The summed E-state index contributed by atoms with van der Waals surface area (Å²) in [7, 11) is 1.60. The maximum atomic E-state index is 12.1. The zero-order valence-electron chi connectivity index (χ0n) is 14.9. The molecule has 26 heavy (non-hydrogen) atoms. The van der Waals surface area contributed by atoms with Crippen molar-refractivity contribution in [2.75, 3.05) is 13.7 Å². The number of benzene rings is 2. The van der Waals surface area contributed by atoms with Gasteiger partial charge in [-0.3, -0.25) is 0 Å². The van der Waals surface area contributed by atoms with Gasteiger partial charge in [0.2, 0.25) is 0 Å². The molecule has 0 fully saturated rings. The Morgan fingerprint density at radius 2 is 1.92 bits per heavy atom. The minimum Gasteiger partial charge on any atom is -0.493 e. The molecule has 0 amide bonds. The number of ether oxygens (including phenoxy) is 2. The van der Waals surface area contributed by atoms with Crippen LogP contribution < -0.4 is 9.47 Å². The van der Waals surface area contributed by atoms with Gasteiger partial charge in [0.05, 0.1) is 19.3 Å². The predicted molar refractivity (Wildman–Crippen MR) is 100 cm³/mol. The molecule has 2 aromatic carbocycles. The first-order chi connectivity index (χ1) is 12.7. The number of hydrogen-bond donors (Lipinski definition) is 0. The largest absolute Gasteiger partial charge is 0.493 e. The Hall–Kier alpha value is -3.08. The molecule has 0 N–H and O–H groups in total. The summed E-state index contributed by atoms with van der Waals surface area (Å²) in [5, 5.41) is 3.92. The Morgan fingerprint density at radius 1 is 1.12 bits per heavy atom. The van der Waals surface area contributed by atoms with Crippen molar-refractivity contribution in [3.63, 3.8) is 0 Å². The van der Waals surface area contributed by atoms with Crippen LogP contribution in [0.5, 0.6) is 11.5 Å². The number of hydrogen-bond acceptors (Lipinski definition) is 5. The summed E-state index contributed by atoms with van der Waals surface area (Å²) in [4.78, 5) is 17.0. The van der Waals surface area contributed by atoms with Gasteiger partial charge in [0.25, 0.3) is 0 Å². The van der Waals surface area contributed by atoms with Crippen LogP contribution in [0.4, 0.5) is 0 Å². The van der Waals surface area contributed by atoms with Crippen molar-refractivity contribution in [2.45, 2.75) is 19.8 Å². The topological polar surface area (TPSA) is 57.1 Å². The lowest BCUT2D eigenvalue weighted by Crippen LogP contribution is -2.06. The van der Waals surface area contributed by atoms with Crippen LogP contribution in [0, 0.1) is 0 Å². The standard InChI is InChI=1S/C21H21NO4/c1-3-4-12-25-18-11-10-15(14-19(18)24-2)13-17-20(22-26-21(17)23)16-8-6-5-7-9-16/h5-11,13-14H,3-4,12H2,1-2H3. The summed E-state index contributed by atoms with van der Waals surface area (Å²) >= 11 is 0. The number of nitrogens with zero attached hydrogens (tertiary/aromatic N) is 1. The molecule has 0 unspecified atom stereocenters. The second-order valence-electron chi connectivity index (χ2n) is 5.85. The molecular weight excluding hydrogens is 330 g/mol. The molecule has 5 nitrogen and oxygen atoms in total. The minimum absolute atomic E-state index is 0.415. The average molecular weight is 351 g/mol. The zero-order chi connectivity index (χ0) is 18.4. The molecule has 0 bridgehead atoms. The second-order valence-corrected chi connectivity index (χ2v) is 5.85. The number of methoxy groups -OCH3 is 1. The molecule has 1 aliphatic heterocycles. The van der Waals surface area contributed by atoms with Crippen molar-refractivity contribution < 1.29 is 19.1 Å². The van der Waals surface area contributed by atoms with Gasteiger partial charge >= 0.3 is 5.97 Å². The van der Waals surface area contributed by atoms with E-state index in [0.717, 1.165) is 24.0 Å². The molecule has 3 rings (SSSR count). The fourth-order valence-corrected chi connectivity index (χ4v) is 2.60. The monoisotopic (exact) mass is 351 g/mol. The normalized spacial score (nSPS) is 14.9. The molecule has 134 valence electrons. The van der Waals surface area contributed by atoms with E-state index >= 15 is 0 Å². The average Bonchev–Trinajstić information content (AvgIpc) is 3.04. The Balaban J connectivity index is 1.88. The van der Waals surface area contributed by atoms with Crippen molar-refractivity contribution >= 4 is 17.8 Å². The highest BCUT2D eigenvalue weighted by Crippen LogP contribution is 2.30. The van der Waals surface area contributed by atoms with Crippen molar-refractivity contribution in [1.29, 1.82) is 0 Å². The molecule has 0 atom stereocenters. The van der Waals surface area contributed by atoms with E-state index in [1.165, 1.54) is 0 Å². The summed E-state index contributed by atoms with van der Waals surface area (Å²) in [5.74, 6) is 0.847. The van der Waals surface area contributed by atoms with Crippen LogP contribution in [0.15, 0.2) is 59.3 Å². The quantitative estimate of drug-likeness (QED) is 0.426. The van der Waals surface area contributed by atoms with Crippen molar-refractivity contribution in [1.82, 2.24) is 0 Å². The summed E-state index contributed by atoms with van der Waals surface area (Å²) < 4.78 is 11.2. The van der Waals surface area contributed by atoms with Gasteiger partial charge in [-0.1, -0.05) is 54.9 Å². The van der Waals surface area contributed by atoms with Crippen LogP contribution in [0.25, 0.3) is 6.08 Å². The van der Waals surface area contributed by atoms with E-state index in [-0.39, 0.29) is 0 Å². The first kappa shape index (κ1) is 17.7. The van der Waals surface area contributed by atoms with Crippen molar-refractivity contribution in [2.24, 2.45) is 5.16 Å². The van der Waals surface area contributed by atoms with E-state index in [2.05, 4.69) is 12.1 Å². The van der Waals surface area contributed by atoms with E-state index < -0.39 is 5.97 Å². The highest BCUT2D eigenvalue weighted by molar-refractivity contribution is 6.31. The van der Waals surface area contributed by atoms with Crippen LogP contribution in [0.2, 0.25) is 0 Å². The highest BCUT2D eigenvalue weighted by Gasteiger charge is 2.26. The van der Waals surface area contributed by atoms with Gasteiger partial charge in [-0.25, -0.2) is 4.79 Å². The molecule has 0 aromatic heterocycles. The maximum Gasteiger partial charge on any atom is 0.368 e. The summed E-state index contributed by atoms with van der Waals surface area (Å²) in [6.45, 7) is 2.76. The Morgan fingerprint density at radius 3 is 2.65 bits per heavy atom. The molecule has 1 heterocycles. The van der Waals surface area contributed by atoms with E-state index in [4.69, 9.17) is 14.3 Å². The number of rotatable bonds is 7. The fourth-order valence-electron chi connectivity index (χ4n) is 2.60. The SMILES string of the molecule is CCCCOc1ccc(C=C2C(=O)ON=C2c2ccccc2)cc1OC. The van der Waals surface area contributed by atoms with E-state index in [1.54, 1.807) is 13.2 Å². The van der Waals surface area contributed by atoms with E-state index in [9.17, 15) is 4.79 Å². The van der Waals surface area contributed by atoms with Gasteiger partial charge in [0.1, 0.15) is 5.71 Å². The third-order valence-electron chi connectivity index (χ3n) is 4.00. The molecule has 5 heteroatoms. The second kappa shape index (κ2) is 8.34. The van der Waals surface area contributed by atoms with E-state index in [0.29, 0.717) is 29.4 Å². The van der Waals surface area contributed by atoms with Crippen LogP contribution in [-0.4, -0.2) is 25.4 Å². The van der Waals surface area contributed by atoms with Gasteiger partial charge in [0, 0.05) is 5.56 Å². The van der Waals surface area contributed by atoms with Crippen LogP contribution >= 0.6 is 0 Å². The van der Waals surface area contributed by atoms with Crippen LogP contribution in [0.3, 0.4) is 0 Å². The molecule has 0 saturated heterocycles. The first-order valence-electron chi connectivity index (χ1n) is 8.60. The molecule has 0 radical (unpaired) electrons. The molecule has 0 aliphatic carbocycles. The van der Waals surface area contributed by atoms with Crippen LogP contribution in [-0.2, 0) is 9.63 Å². The predicted octanol–water partition coefficient (Wildman–Crippen LogP) is 4.22. The Kier molecular flexibility index (Phi) is 5.69. The van der Waals surface area contributed by atoms with Gasteiger partial charge < -0.3 is 14.3 Å². The lowest BCUT2D eigenvalue weighted by atomic mass is 10.0. The lowest BCUT2D eigenvalue weighted by Gasteiger charge is -2.11. The number of carbonyl (C=O) groups excluding carboxylic acids is 1. The molecule has 2 aromatic rings. The highest BCUT2D eigenvalue weighted by atomic mass is 16.7. The Labute approximate surface area is 152 Å². The number of oxime groups is 1.